The second kappa shape index (κ2) is 3.48. The van der Waals surface area contributed by atoms with Crippen molar-refractivity contribution in [3.05, 3.63) is 39.3 Å². The maximum Gasteiger partial charge on any atom is 0.332 e. The van der Waals surface area contributed by atoms with E-state index >= 15 is 0 Å². The minimum Gasteiger partial charge on any atom is -0.336 e. The number of aromatic nitrogens is 4. The van der Waals surface area contributed by atoms with E-state index in [1.165, 1.54) is 11.6 Å². The van der Waals surface area contributed by atoms with Crippen molar-refractivity contribution in [3.63, 3.8) is 0 Å². The van der Waals surface area contributed by atoms with Crippen molar-refractivity contribution in [3.8, 4) is 0 Å². The number of H-pyrrole nitrogens is 1. The van der Waals surface area contributed by atoms with Crippen LogP contribution in [0.15, 0.2) is 22.2 Å². The van der Waals surface area contributed by atoms with Gasteiger partial charge in [-0.2, -0.15) is 0 Å². The summed E-state index contributed by atoms with van der Waals surface area (Å²) < 4.78 is 2.40. The summed E-state index contributed by atoms with van der Waals surface area (Å²) in [5.74, 6) is 0.628. The Morgan fingerprint density at radius 2 is 2.06 bits per heavy atom. The van der Waals surface area contributed by atoms with Gasteiger partial charge in [-0.25, -0.2) is 9.78 Å². The molecular weight excluding hydrogens is 208 g/mol. The second-order valence-electron chi connectivity index (χ2n) is 3.58. The van der Waals surface area contributed by atoms with E-state index in [0.29, 0.717) is 23.4 Å². The topological polar surface area (TPSA) is 72.7 Å². The van der Waals surface area contributed by atoms with Crippen LogP contribution in [0.2, 0.25) is 0 Å². The largest absolute Gasteiger partial charge is 0.336 e. The molecule has 0 bridgehead atoms. The predicted molar refractivity (Wildman–Crippen MR) is 60.5 cm³/mol. The summed E-state index contributed by atoms with van der Waals surface area (Å²) in [5.41, 5.74) is -0.0125. The first-order valence-electron chi connectivity index (χ1n) is 4.81. The van der Waals surface area contributed by atoms with Crippen LogP contribution in [0, 0.1) is 0 Å². The smallest absolute Gasteiger partial charge is 0.332 e. The maximum atomic E-state index is 11.8. The van der Waals surface area contributed by atoms with E-state index < -0.39 is 0 Å². The van der Waals surface area contributed by atoms with E-state index in [-0.39, 0.29) is 11.2 Å². The molecule has 0 radical (unpaired) electrons. The van der Waals surface area contributed by atoms with Crippen LogP contribution in [0.1, 0.15) is 5.82 Å². The number of aryl methyl sites for hydroxylation is 1. The van der Waals surface area contributed by atoms with Crippen molar-refractivity contribution in [2.75, 3.05) is 0 Å². The fourth-order valence-corrected chi connectivity index (χ4v) is 1.61. The third-order valence-electron chi connectivity index (χ3n) is 2.48. The summed E-state index contributed by atoms with van der Waals surface area (Å²) in [4.78, 5) is 30.5. The Kier molecular flexibility index (Phi) is 2.26. The van der Waals surface area contributed by atoms with Crippen LogP contribution in [0.5, 0.6) is 0 Å². The molecule has 1 N–H and O–H groups in total. The number of aromatic amines is 1. The van der Waals surface area contributed by atoms with Crippen molar-refractivity contribution < 1.29 is 0 Å². The average Bonchev–Trinajstić information content (AvgIpc) is 2.68. The average molecular weight is 220 g/mol. The van der Waals surface area contributed by atoms with Crippen LogP contribution < -0.4 is 11.2 Å². The minimum absolute atomic E-state index is 0.349. The number of rotatable bonds is 2. The number of imidazole rings is 1. The first-order chi connectivity index (χ1) is 7.56. The molecule has 2 rings (SSSR count). The van der Waals surface area contributed by atoms with Gasteiger partial charge in [0.15, 0.2) is 5.65 Å². The fourth-order valence-electron chi connectivity index (χ4n) is 1.61. The molecule has 0 aliphatic rings. The highest BCUT2D eigenvalue weighted by Gasteiger charge is 2.12. The van der Waals surface area contributed by atoms with E-state index in [2.05, 4.69) is 16.5 Å². The lowest BCUT2D eigenvalue weighted by Crippen LogP contribution is -2.36. The number of fused-ring (bicyclic) bond motifs is 1. The molecule has 2 heterocycles. The molecule has 2 aromatic heterocycles. The van der Waals surface area contributed by atoms with Gasteiger partial charge in [-0.05, 0) is 0 Å². The molecule has 0 saturated carbocycles. The zero-order valence-corrected chi connectivity index (χ0v) is 9.15. The van der Waals surface area contributed by atoms with Crippen molar-refractivity contribution >= 4 is 11.2 Å². The Hall–Kier alpha value is -2.11. The lowest BCUT2D eigenvalue weighted by Gasteiger charge is -2.00. The zero-order valence-electron chi connectivity index (χ0n) is 9.15. The number of hydrogen-bond acceptors (Lipinski definition) is 3. The molecule has 0 atom stereocenters. The second-order valence-corrected chi connectivity index (χ2v) is 3.58. The Balaban J connectivity index is 2.92. The van der Waals surface area contributed by atoms with Gasteiger partial charge < -0.3 is 4.98 Å². The molecule has 0 unspecified atom stereocenters. The van der Waals surface area contributed by atoms with Crippen LogP contribution in [0.25, 0.3) is 11.2 Å². The standard InChI is InChI=1S/C10H12N4O2/c1-4-5-6-11-7-8(12-6)13(2)10(16)14(3)9(7)15/h4H,1,5H2,2-3H3,(H,11,12). The van der Waals surface area contributed by atoms with Gasteiger partial charge >= 0.3 is 5.69 Å². The zero-order chi connectivity index (χ0) is 11.9. The number of allylic oxidation sites excluding steroid dienone is 1. The highest BCUT2D eigenvalue weighted by atomic mass is 16.2. The molecule has 0 spiro atoms. The first kappa shape index (κ1) is 10.4. The Morgan fingerprint density at radius 1 is 1.38 bits per heavy atom. The van der Waals surface area contributed by atoms with Crippen LogP contribution in [0.4, 0.5) is 0 Å². The van der Waals surface area contributed by atoms with Gasteiger partial charge in [-0.1, -0.05) is 6.08 Å². The van der Waals surface area contributed by atoms with Gasteiger partial charge in [0.2, 0.25) is 0 Å². The number of hydrogen-bond donors (Lipinski definition) is 1. The molecule has 6 nitrogen and oxygen atoms in total. The van der Waals surface area contributed by atoms with E-state index in [1.807, 2.05) is 0 Å². The van der Waals surface area contributed by atoms with Gasteiger partial charge in [0.25, 0.3) is 5.56 Å². The summed E-state index contributed by atoms with van der Waals surface area (Å²) in [6.07, 6.45) is 2.21. The monoisotopic (exact) mass is 220 g/mol. The third-order valence-corrected chi connectivity index (χ3v) is 2.48. The van der Waals surface area contributed by atoms with Gasteiger partial charge in [-0.15, -0.1) is 6.58 Å². The van der Waals surface area contributed by atoms with Gasteiger partial charge in [0.05, 0.1) is 0 Å². The normalized spacial score (nSPS) is 10.9. The molecule has 6 heteroatoms. The highest BCUT2D eigenvalue weighted by Crippen LogP contribution is 2.04. The fraction of sp³-hybridized carbons (Fsp3) is 0.300. The molecule has 0 amide bonds. The van der Waals surface area contributed by atoms with Gasteiger partial charge in [0.1, 0.15) is 11.3 Å². The van der Waals surface area contributed by atoms with Crippen LogP contribution in [0.3, 0.4) is 0 Å². The highest BCUT2D eigenvalue weighted by molar-refractivity contribution is 5.69. The minimum atomic E-state index is -0.380. The lowest BCUT2D eigenvalue weighted by atomic mass is 10.4. The third kappa shape index (κ3) is 1.30. The molecule has 0 aromatic carbocycles. The summed E-state index contributed by atoms with van der Waals surface area (Å²) in [6.45, 7) is 3.59. The summed E-state index contributed by atoms with van der Waals surface area (Å²) >= 11 is 0. The van der Waals surface area contributed by atoms with Crippen molar-refractivity contribution in [1.82, 2.24) is 19.1 Å². The van der Waals surface area contributed by atoms with Crippen LogP contribution in [-0.2, 0) is 20.5 Å². The molecule has 0 fully saturated rings. The molecule has 16 heavy (non-hydrogen) atoms. The SMILES string of the molecule is C=CCc1nc2c([nH]1)c(=O)n(C)c(=O)n2C. The van der Waals surface area contributed by atoms with Crippen LogP contribution in [-0.4, -0.2) is 19.1 Å². The van der Waals surface area contributed by atoms with Crippen molar-refractivity contribution in [2.24, 2.45) is 14.1 Å². The molecule has 2 aromatic rings. The maximum absolute atomic E-state index is 11.8. The van der Waals surface area contributed by atoms with E-state index in [1.54, 1.807) is 13.1 Å². The van der Waals surface area contributed by atoms with Crippen molar-refractivity contribution in [2.45, 2.75) is 6.42 Å². The number of nitrogens with zero attached hydrogens (tertiary/aromatic N) is 3. The quantitative estimate of drug-likeness (QED) is 0.705. The van der Waals surface area contributed by atoms with Gasteiger partial charge in [-0.3, -0.25) is 13.9 Å². The molecule has 84 valence electrons. The van der Waals surface area contributed by atoms with Crippen LogP contribution >= 0.6 is 0 Å². The van der Waals surface area contributed by atoms with Gasteiger partial charge in [0, 0.05) is 20.5 Å². The lowest BCUT2D eigenvalue weighted by molar-refractivity contribution is 0.708. The Bertz CT molecular complexity index is 674. The Labute approximate surface area is 90.9 Å². The van der Waals surface area contributed by atoms with Crippen molar-refractivity contribution in [1.29, 1.82) is 0 Å². The van der Waals surface area contributed by atoms with E-state index in [9.17, 15) is 9.59 Å². The predicted octanol–water partition coefficient (Wildman–Crippen LogP) is -0.311. The molecule has 0 aliphatic heterocycles. The Morgan fingerprint density at radius 3 is 2.69 bits per heavy atom. The molecule has 0 aliphatic carbocycles. The molecular formula is C10H12N4O2. The number of nitrogens with one attached hydrogen (secondary N) is 1. The van der Waals surface area contributed by atoms with E-state index in [0.717, 1.165) is 4.57 Å². The first-order valence-corrected chi connectivity index (χ1v) is 4.81. The summed E-state index contributed by atoms with van der Waals surface area (Å²) in [7, 11) is 3.03. The summed E-state index contributed by atoms with van der Waals surface area (Å²) in [5, 5.41) is 0. The summed E-state index contributed by atoms with van der Waals surface area (Å²) in [6, 6.07) is 0. The van der Waals surface area contributed by atoms with E-state index in [4.69, 9.17) is 0 Å². The molecule has 0 saturated heterocycles.